The van der Waals surface area contributed by atoms with Gasteiger partial charge in [0.1, 0.15) is 5.75 Å². The van der Waals surface area contributed by atoms with Crippen molar-refractivity contribution in [2.45, 2.75) is 19.8 Å². The summed E-state index contributed by atoms with van der Waals surface area (Å²) in [7, 11) is 0. The normalized spacial score (nSPS) is 11.1. The second-order valence-corrected chi connectivity index (χ2v) is 4.68. The fourth-order valence-electron chi connectivity index (χ4n) is 1.84. The number of Topliss-reactive ketones (excluding diaryl/α,β-unsaturated/α-hetero) is 1. The molecule has 2 aromatic rings. The lowest BCUT2D eigenvalue weighted by Crippen LogP contribution is -2.17. The van der Waals surface area contributed by atoms with Crippen LogP contribution in [0.5, 0.6) is 5.75 Å². The van der Waals surface area contributed by atoms with Crippen molar-refractivity contribution in [3.05, 3.63) is 59.7 Å². The van der Waals surface area contributed by atoms with Crippen LogP contribution in [0.2, 0.25) is 0 Å². The monoisotopic (exact) mass is 309 g/mol. The van der Waals surface area contributed by atoms with Gasteiger partial charge in [0.15, 0.2) is 5.78 Å². The highest BCUT2D eigenvalue weighted by atomic mass is 19.4. The lowest BCUT2D eigenvalue weighted by molar-refractivity contribution is -0.274. The average molecular weight is 309 g/mol. The van der Waals surface area contributed by atoms with Crippen LogP contribution in [0.4, 0.5) is 18.9 Å². The predicted molar refractivity (Wildman–Crippen MR) is 76.9 cm³/mol. The van der Waals surface area contributed by atoms with Crippen LogP contribution in [0.1, 0.15) is 22.8 Å². The van der Waals surface area contributed by atoms with Gasteiger partial charge in [-0.2, -0.15) is 0 Å². The van der Waals surface area contributed by atoms with Crippen LogP contribution < -0.4 is 10.1 Å². The largest absolute Gasteiger partial charge is 0.573 e. The molecule has 0 atom stereocenters. The number of ether oxygens (including phenoxy) is 1. The van der Waals surface area contributed by atoms with Gasteiger partial charge >= 0.3 is 6.36 Å². The van der Waals surface area contributed by atoms with E-state index in [1.165, 1.54) is 19.1 Å². The molecule has 1 N–H and O–H groups in total. The smallest absolute Gasteiger partial charge is 0.406 e. The van der Waals surface area contributed by atoms with E-state index in [9.17, 15) is 18.0 Å². The summed E-state index contributed by atoms with van der Waals surface area (Å²) in [6.07, 6.45) is -4.68. The Bertz CT molecular complexity index is 634. The number of rotatable bonds is 5. The first-order chi connectivity index (χ1) is 10.3. The zero-order valence-corrected chi connectivity index (χ0v) is 11.8. The molecular formula is C16H14F3NO2. The van der Waals surface area contributed by atoms with E-state index in [-0.39, 0.29) is 11.5 Å². The third-order valence-corrected chi connectivity index (χ3v) is 2.94. The molecule has 3 nitrogen and oxygen atoms in total. The minimum atomic E-state index is -4.68. The van der Waals surface area contributed by atoms with Crippen molar-refractivity contribution in [3.63, 3.8) is 0 Å². The molecular weight excluding hydrogens is 295 g/mol. The molecule has 0 aliphatic rings. The fourth-order valence-corrected chi connectivity index (χ4v) is 1.84. The van der Waals surface area contributed by atoms with Gasteiger partial charge < -0.3 is 10.1 Å². The number of halogens is 3. The van der Waals surface area contributed by atoms with Gasteiger partial charge in [0, 0.05) is 17.8 Å². The zero-order chi connectivity index (χ0) is 16.2. The quantitative estimate of drug-likeness (QED) is 0.832. The molecule has 2 rings (SSSR count). The second-order valence-electron chi connectivity index (χ2n) is 4.68. The number of hydrogen-bond donors (Lipinski definition) is 1. The summed E-state index contributed by atoms with van der Waals surface area (Å²) in [5.74, 6) is -0.256. The SMILES string of the molecule is CC(=O)c1ccc(NCc2ccc(OC(F)(F)F)cc2)cc1. The standard InChI is InChI=1S/C16H14F3NO2/c1-11(21)13-4-6-14(7-5-13)20-10-12-2-8-15(9-3-12)22-16(17,18)19/h2-9,20H,10H2,1H3. The minimum Gasteiger partial charge on any atom is -0.406 e. The molecule has 0 radical (unpaired) electrons. The first kappa shape index (κ1) is 15.9. The highest BCUT2D eigenvalue weighted by Crippen LogP contribution is 2.23. The first-order valence-electron chi connectivity index (χ1n) is 6.53. The van der Waals surface area contributed by atoms with E-state index in [1.54, 1.807) is 36.4 Å². The molecule has 0 aliphatic carbocycles. The molecule has 0 bridgehead atoms. The number of nitrogens with one attached hydrogen (secondary N) is 1. The van der Waals surface area contributed by atoms with Crippen molar-refractivity contribution in [2.75, 3.05) is 5.32 Å². The van der Waals surface area contributed by atoms with Gasteiger partial charge in [-0.3, -0.25) is 4.79 Å². The molecule has 0 unspecified atom stereocenters. The van der Waals surface area contributed by atoms with Crippen LogP contribution in [0.3, 0.4) is 0 Å². The topological polar surface area (TPSA) is 38.3 Å². The van der Waals surface area contributed by atoms with E-state index < -0.39 is 6.36 Å². The van der Waals surface area contributed by atoms with E-state index in [4.69, 9.17) is 0 Å². The number of carbonyl (C=O) groups excluding carboxylic acids is 1. The van der Waals surface area contributed by atoms with Crippen LogP contribution in [-0.4, -0.2) is 12.1 Å². The molecule has 22 heavy (non-hydrogen) atoms. The van der Waals surface area contributed by atoms with Crippen molar-refractivity contribution in [3.8, 4) is 5.75 Å². The number of alkyl halides is 3. The molecule has 0 fully saturated rings. The Labute approximate surface area is 125 Å². The molecule has 6 heteroatoms. The van der Waals surface area contributed by atoms with Gasteiger partial charge in [-0.25, -0.2) is 0 Å². The van der Waals surface area contributed by atoms with Gasteiger partial charge in [0.2, 0.25) is 0 Å². The van der Waals surface area contributed by atoms with Crippen LogP contribution in [0, 0.1) is 0 Å². The van der Waals surface area contributed by atoms with Crippen molar-refractivity contribution in [1.29, 1.82) is 0 Å². The van der Waals surface area contributed by atoms with Crippen LogP contribution in [-0.2, 0) is 6.54 Å². The highest BCUT2D eigenvalue weighted by molar-refractivity contribution is 5.94. The van der Waals surface area contributed by atoms with Gasteiger partial charge in [-0.1, -0.05) is 12.1 Å². The summed E-state index contributed by atoms with van der Waals surface area (Å²) in [6, 6.07) is 12.6. The van der Waals surface area contributed by atoms with Crippen LogP contribution in [0.25, 0.3) is 0 Å². The van der Waals surface area contributed by atoms with Crippen LogP contribution in [0.15, 0.2) is 48.5 Å². The number of anilines is 1. The molecule has 0 heterocycles. The Balaban J connectivity index is 1.92. The molecule has 0 aromatic heterocycles. The fraction of sp³-hybridized carbons (Fsp3) is 0.188. The van der Waals surface area contributed by atoms with Crippen molar-refractivity contribution < 1.29 is 22.7 Å². The Morgan fingerprint density at radius 3 is 2.14 bits per heavy atom. The maximum Gasteiger partial charge on any atom is 0.573 e. The number of hydrogen-bond acceptors (Lipinski definition) is 3. The zero-order valence-electron chi connectivity index (χ0n) is 11.8. The molecule has 0 saturated heterocycles. The van der Waals surface area contributed by atoms with Gasteiger partial charge in [-0.05, 0) is 48.9 Å². The lowest BCUT2D eigenvalue weighted by Gasteiger charge is -2.10. The van der Waals surface area contributed by atoms with E-state index in [1.807, 2.05) is 0 Å². The Hall–Kier alpha value is -2.50. The Kier molecular flexibility index (Phi) is 4.70. The molecule has 116 valence electrons. The second kappa shape index (κ2) is 6.51. The summed E-state index contributed by atoms with van der Waals surface area (Å²) in [5, 5.41) is 3.12. The maximum atomic E-state index is 12.0. The summed E-state index contributed by atoms with van der Waals surface area (Å²) in [4.78, 5) is 11.2. The first-order valence-corrected chi connectivity index (χ1v) is 6.53. The van der Waals surface area contributed by atoms with Gasteiger partial charge in [0.05, 0.1) is 0 Å². The third-order valence-electron chi connectivity index (χ3n) is 2.94. The van der Waals surface area contributed by atoms with Crippen molar-refractivity contribution >= 4 is 11.5 Å². The number of carbonyl (C=O) groups is 1. The number of benzene rings is 2. The molecule has 0 amide bonds. The van der Waals surface area contributed by atoms with Gasteiger partial charge in [-0.15, -0.1) is 13.2 Å². The lowest BCUT2D eigenvalue weighted by atomic mass is 10.1. The van der Waals surface area contributed by atoms with Gasteiger partial charge in [0.25, 0.3) is 0 Å². The molecule has 0 spiro atoms. The average Bonchev–Trinajstić information content (AvgIpc) is 2.45. The van der Waals surface area contributed by atoms with Crippen molar-refractivity contribution in [1.82, 2.24) is 0 Å². The summed E-state index contributed by atoms with van der Waals surface area (Å²) in [6.45, 7) is 1.94. The number of ketones is 1. The third kappa shape index (κ3) is 4.80. The maximum absolute atomic E-state index is 12.0. The van der Waals surface area contributed by atoms with E-state index in [0.29, 0.717) is 12.1 Å². The Morgan fingerprint density at radius 1 is 1.05 bits per heavy atom. The molecule has 0 aliphatic heterocycles. The predicted octanol–water partition coefficient (Wildman–Crippen LogP) is 4.40. The summed E-state index contributed by atoms with van der Waals surface area (Å²) >= 11 is 0. The van der Waals surface area contributed by atoms with E-state index >= 15 is 0 Å². The highest BCUT2D eigenvalue weighted by Gasteiger charge is 2.30. The van der Waals surface area contributed by atoms with Crippen molar-refractivity contribution in [2.24, 2.45) is 0 Å². The van der Waals surface area contributed by atoms with E-state index in [0.717, 1.165) is 11.3 Å². The molecule has 0 saturated carbocycles. The summed E-state index contributed by atoms with van der Waals surface area (Å²) in [5.41, 5.74) is 2.25. The van der Waals surface area contributed by atoms with E-state index in [2.05, 4.69) is 10.1 Å². The Morgan fingerprint density at radius 2 is 1.64 bits per heavy atom. The summed E-state index contributed by atoms with van der Waals surface area (Å²) < 4.78 is 39.9. The minimum absolute atomic E-state index is 0.00759. The molecule has 2 aromatic carbocycles. The van der Waals surface area contributed by atoms with Crippen LogP contribution >= 0.6 is 0 Å².